The van der Waals surface area contributed by atoms with Crippen molar-refractivity contribution in [3.63, 3.8) is 0 Å². The first kappa shape index (κ1) is 9.38. The summed E-state index contributed by atoms with van der Waals surface area (Å²) in [5.74, 6) is -0.181. The second-order valence-corrected chi connectivity index (χ2v) is 4.71. The number of Topliss-reactive ketones (excluding diaryl/α,β-unsaturated/α-hetero) is 1. The molecule has 74 valence electrons. The van der Waals surface area contributed by atoms with Gasteiger partial charge >= 0.3 is 0 Å². The Labute approximate surface area is 82.9 Å². The average molecular weight is 192 g/mol. The Hall–Kier alpha value is -1.18. The molecule has 2 heteroatoms. The molecule has 2 rings (SSSR count). The van der Waals surface area contributed by atoms with E-state index in [-0.39, 0.29) is 17.0 Å². The second kappa shape index (κ2) is 2.91. The van der Waals surface area contributed by atoms with Crippen molar-refractivity contribution < 1.29 is 9.18 Å². The van der Waals surface area contributed by atoms with Crippen molar-refractivity contribution in [1.29, 1.82) is 0 Å². The molecule has 0 bridgehead atoms. The van der Waals surface area contributed by atoms with E-state index in [9.17, 15) is 9.18 Å². The van der Waals surface area contributed by atoms with Gasteiger partial charge < -0.3 is 0 Å². The largest absolute Gasteiger partial charge is 0.294 e. The maximum Gasteiger partial charge on any atom is 0.163 e. The van der Waals surface area contributed by atoms with Crippen LogP contribution in [0.25, 0.3) is 0 Å². The molecule has 0 atom stereocenters. The Bertz CT molecular complexity index is 393. The van der Waals surface area contributed by atoms with Gasteiger partial charge in [-0.3, -0.25) is 4.79 Å². The Morgan fingerprint density at radius 3 is 2.71 bits per heavy atom. The molecule has 0 radical (unpaired) electrons. The van der Waals surface area contributed by atoms with Crippen LogP contribution in [0.1, 0.15) is 36.2 Å². The van der Waals surface area contributed by atoms with Crippen LogP contribution in [0.5, 0.6) is 0 Å². The third-order valence-corrected chi connectivity index (χ3v) is 2.71. The Morgan fingerprint density at radius 2 is 2.00 bits per heavy atom. The quantitative estimate of drug-likeness (QED) is 0.617. The number of rotatable bonds is 0. The zero-order valence-corrected chi connectivity index (χ0v) is 8.43. The molecule has 0 saturated carbocycles. The number of hydrogen-bond acceptors (Lipinski definition) is 1. The third kappa shape index (κ3) is 1.45. The van der Waals surface area contributed by atoms with Gasteiger partial charge in [0.15, 0.2) is 5.78 Å². The first-order valence-corrected chi connectivity index (χ1v) is 4.80. The van der Waals surface area contributed by atoms with E-state index >= 15 is 0 Å². The Morgan fingerprint density at radius 1 is 1.29 bits per heavy atom. The number of hydrogen-bond donors (Lipinski definition) is 0. The van der Waals surface area contributed by atoms with E-state index in [1.54, 1.807) is 12.1 Å². The molecule has 1 nitrogen and oxygen atoms in total. The third-order valence-electron chi connectivity index (χ3n) is 2.71. The van der Waals surface area contributed by atoms with Gasteiger partial charge in [-0.2, -0.15) is 0 Å². The van der Waals surface area contributed by atoms with Crippen LogP contribution in [-0.4, -0.2) is 5.78 Å². The van der Waals surface area contributed by atoms with Crippen molar-refractivity contribution in [3.8, 4) is 0 Å². The fourth-order valence-electron chi connectivity index (χ4n) is 2.07. The van der Waals surface area contributed by atoms with E-state index in [2.05, 4.69) is 0 Å². The van der Waals surface area contributed by atoms with Crippen LogP contribution in [0.4, 0.5) is 4.39 Å². The highest BCUT2D eigenvalue weighted by Gasteiger charge is 2.32. The molecule has 0 amide bonds. The van der Waals surface area contributed by atoms with Gasteiger partial charge in [0.1, 0.15) is 5.82 Å². The molecule has 0 fully saturated rings. The van der Waals surface area contributed by atoms with Crippen molar-refractivity contribution in [2.24, 2.45) is 5.41 Å². The predicted molar refractivity (Wildman–Crippen MR) is 52.8 cm³/mol. The SMILES string of the molecule is CC1(C)CC(=O)c2cccc(F)c2C1. The van der Waals surface area contributed by atoms with E-state index in [1.165, 1.54) is 6.07 Å². The molecule has 0 aliphatic heterocycles. The molecule has 0 saturated heterocycles. The molecule has 1 aromatic carbocycles. The van der Waals surface area contributed by atoms with Crippen molar-refractivity contribution in [2.75, 3.05) is 0 Å². The molecule has 1 aromatic rings. The monoisotopic (exact) mass is 192 g/mol. The summed E-state index contributed by atoms with van der Waals surface area (Å²) in [6.45, 7) is 4.00. The average Bonchev–Trinajstić information content (AvgIpc) is 2.05. The maximum absolute atomic E-state index is 13.4. The Kier molecular flexibility index (Phi) is 1.95. The van der Waals surface area contributed by atoms with Gasteiger partial charge in [-0.15, -0.1) is 0 Å². The first-order valence-electron chi connectivity index (χ1n) is 4.80. The summed E-state index contributed by atoms with van der Waals surface area (Å²) in [5.41, 5.74) is 1.06. The van der Waals surface area contributed by atoms with Crippen LogP contribution in [0.15, 0.2) is 18.2 Å². The zero-order chi connectivity index (χ0) is 10.3. The zero-order valence-electron chi connectivity index (χ0n) is 8.43. The van der Waals surface area contributed by atoms with E-state index < -0.39 is 0 Å². The second-order valence-electron chi connectivity index (χ2n) is 4.71. The van der Waals surface area contributed by atoms with Crippen molar-refractivity contribution in [3.05, 3.63) is 35.1 Å². The minimum Gasteiger partial charge on any atom is -0.294 e. The predicted octanol–water partition coefficient (Wildman–Crippen LogP) is 2.98. The molecule has 0 N–H and O–H groups in total. The summed E-state index contributed by atoms with van der Waals surface area (Å²) in [7, 11) is 0. The number of ketones is 1. The number of halogens is 1. The van der Waals surface area contributed by atoms with E-state index in [1.807, 2.05) is 13.8 Å². The van der Waals surface area contributed by atoms with Crippen molar-refractivity contribution in [1.82, 2.24) is 0 Å². The molecule has 1 aliphatic rings. The summed E-state index contributed by atoms with van der Waals surface area (Å²) >= 11 is 0. The molecule has 0 spiro atoms. The van der Waals surface area contributed by atoms with Crippen molar-refractivity contribution in [2.45, 2.75) is 26.7 Å². The maximum atomic E-state index is 13.4. The molecular formula is C12H13FO. The number of carbonyl (C=O) groups is 1. The minimum atomic E-state index is -0.247. The van der Waals surface area contributed by atoms with Crippen LogP contribution in [0.3, 0.4) is 0 Å². The topological polar surface area (TPSA) is 17.1 Å². The Balaban J connectivity index is 2.56. The van der Waals surface area contributed by atoms with E-state index in [0.29, 0.717) is 24.0 Å². The highest BCUT2D eigenvalue weighted by molar-refractivity contribution is 5.99. The first-order chi connectivity index (χ1) is 6.49. The molecule has 0 heterocycles. The minimum absolute atomic E-state index is 0.0655. The molecular weight excluding hydrogens is 179 g/mol. The van der Waals surface area contributed by atoms with E-state index in [4.69, 9.17) is 0 Å². The summed E-state index contributed by atoms with van der Waals surface area (Å²) in [5, 5.41) is 0. The standard InChI is InChI=1S/C12H13FO/c1-12(2)6-9-8(11(14)7-12)4-3-5-10(9)13/h3-5H,6-7H2,1-2H3. The van der Waals surface area contributed by atoms with Gasteiger partial charge in [0.05, 0.1) is 0 Å². The van der Waals surface area contributed by atoms with E-state index in [0.717, 1.165) is 0 Å². The lowest BCUT2D eigenvalue weighted by Gasteiger charge is -2.30. The van der Waals surface area contributed by atoms with Crippen LogP contribution in [-0.2, 0) is 6.42 Å². The normalized spacial score (nSPS) is 19.2. The van der Waals surface area contributed by atoms with Crippen LogP contribution < -0.4 is 0 Å². The van der Waals surface area contributed by atoms with Crippen LogP contribution >= 0.6 is 0 Å². The summed E-state index contributed by atoms with van der Waals surface area (Å²) < 4.78 is 13.4. The van der Waals surface area contributed by atoms with Gasteiger partial charge in [0.25, 0.3) is 0 Å². The number of benzene rings is 1. The van der Waals surface area contributed by atoms with Gasteiger partial charge in [0.2, 0.25) is 0 Å². The molecule has 1 aliphatic carbocycles. The summed E-state index contributed by atoms with van der Waals surface area (Å²) in [4.78, 5) is 11.7. The fraction of sp³-hybridized carbons (Fsp3) is 0.417. The van der Waals surface area contributed by atoms with Crippen LogP contribution in [0, 0.1) is 11.2 Å². The number of carbonyl (C=O) groups excluding carboxylic acids is 1. The molecule has 0 unspecified atom stereocenters. The molecule has 14 heavy (non-hydrogen) atoms. The van der Waals surface area contributed by atoms with Gasteiger partial charge in [-0.25, -0.2) is 4.39 Å². The summed E-state index contributed by atoms with van der Waals surface area (Å²) in [6.07, 6.45) is 1.17. The lowest BCUT2D eigenvalue weighted by Crippen LogP contribution is -2.27. The van der Waals surface area contributed by atoms with Gasteiger partial charge in [-0.1, -0.05) is 26.0 Å². The highest BCUT2D eigenvalue weighted by Crippen LogP contribution is 2.35. The van der Waals surface area contributed by atoms with Crippen molar-refractivity contribution >= 4 is 5.78 Å². The molecule has 0 aromatic heterocycles. The van der Waals surface area contributed by atoms with Gasteiger partial charge in [0, 0.05) is 12.0 Å². The number of fused-ring (bicyclic) bond motifs is 1. The lowest BCUT2D eigenvalue weighted by molar-refractivity contribution is 0.0910. The summed E-state index contributed by atoms with van der Waals surface area (Å²) in [6, 6.07) is 4.74. The van der Waals surface area contributed by atoms with Crippen LogP contribution in [0.2, 0.25) is 0 Å². The lowest BCUT2D eigenvalue weighted by atomic mass is 9.73. The smallest absolute Gasteiger partial charge is 0.163 e. The highest BCUT2D eigenvalue weighted by atomic mass is 19.1. The fourth-order valence-corrected chi connectivity index (χ4v) is 2.07. The van der Waals surface area contributed by atoms with Gasteiger partial charge in [-0.05, 0) is 23.5 Å².